The Kier molecular flexibility index (Phi) is 5.75. The number of alkyl halides is 3. The van der Waals surface area contributed by atoms with Gasteiger partial charge >= 0.3 is 6.18 Å². The molecule has 1 saturated heterocycles. The number of hydrogen-bond acceptors (Lipinski definition) is 4. The maximum Gasteiger partial charge on any atom is 0.416 e. The maximum absolute atomic E-state index is 13.4. The SMILES string of the molecule is CC(C)c1ccc(-n2ncc3c(N4CCCCC4)nc(-c4cccc(C(F)(F)F)c4)nc32)cc1. The van der Waals surface area contributed by atoms with E-state index in [0.29, 0.717) is 17.1 Å². The molecule has 0 amide bonds. The number of anilines is 1. The van der Waals surface area contributed by atoms with Crippen LogP contribution in [0.3, 0.4) is 0 Å². The molecule has 4 aromatic rings. The summed E-state index contributed by atoms with van der Waals surface area (Å²) < 4.78 is 41.8. The lowest BCUT2D eigenvalue weighted by molar-refractivity contribution is -0.137. The van der Waals surface area contributed by atoms with Crippen molar-refractivity contribution >= 4 is 16.9 Å². The second-order valence-corrected chi connectivity index (χ2v) is 9.04. The first kappa shape index (κ1) is 22.4. The molecule has 5 nitrogen and oxygen atoms in total. The maximum atomic E-state index is 13.4. The Morgan fingerprint density at radius 3 is 2.32 bits per heavy atom. The zero-order valence-electron chi connectivity index (χ0n) is 19.2. The molecule has 5 rings (SSSR count). The number of nitrogens with zero attached hydrogens (tertiary/aromatic N) is 5. The largest absolute Gasteiger partial charge is 0.416 e. The Balaban J connectivity index is 1.68. The molecule has 2 aromatic heterocycles. The quantitative estimate of drug-likeness (QED) is 0.340. The summed E-state index contributed by atoms with van der Waals surface area (Å²) in [5.74, 6) is 1.39. The summed E-state index contributed by atoms with van der Waals surface area (Å²) >= 11 is 0. The van der Waals surface area contributed by atoms with E-state index in [2.05, 4.69) is 36.0 Å². The van der Waals surface area contributed by atoms with Crippen molar-refractivity contribution in [2.75, 3.05) is 18.0 Å². The van der Waals surface area contributed by atoms with Crippen molar-refractivity contribution in [1.29, 1.82) is 0 Å². The van der Waals surface area contributed by atoms with Crippen LogP contribution in [0.2, 0.25) is 0 Å². The van der Waals surface area contributed by atoms with Gasteiger partial charge in [-0.1, -0.05) is 38.1 Å². The Bertz CT molecular complexity index is 1300. The van der Waals surface area contributed by atoms with Gasteiger partial charge < -0.3 is 4.90 Å². The second-order valence-electron chi connectivity index (χ2n) is 9.04. The lowest BCUT2D eigenvalue weighted by Crippen LogP contribution is -2.30. The minimum absolute atomic E-state index is 0.264. The van der Waals surface area contributed by atoms with Crippen LogP contribution in [0.15, 0.2) is 54.7 Å². The summed E-state index contributed by atoms with van der Waals surface area (Å²) in [4.78, 5) is 11.7. The van der Waals surface area contributed by atoms with E-state index in [-0.39, 0.29) is 5.82 Å². The summed E-state index contributed by atoms with van der Waals surface area (Å²) in [6.45, 7) is 5.97. The summed E-state index contributed by atoms with van der Waals surface area (Å²) in [6, 6.07) is 13.3. The number of fused-ring (bicyclic) bond motifs is 1. The number of benzene rings is 2. The zero-order valence-corrected chi connectivity index (χ0v) is 19.2. The van der Waals surface area contributed by atoms with Crippen LogP contribution in [-0.4, -0.2) is 32.8 Å². The topological polar surface area (TPSA) is 46.8 Å². The van der Waals surface area contributed by atoms with Crippen molar-refractivity contribution in [2.45, 2.75) is 45.2 Å². The molecular weight excluding hydrogens is 439 g/mol. The fraction of sp³-hybridized carbons (Fsp3) is 0.346. The molecule has 0 spiro atoms. The molecule has 0 unspecified atom stereocenters. The highest BCUT2D eigenvalue weighted by Crippen LogP contribution is 2.34. The van der Waals surface area contributed by atoms with Crippen LogP contribution in [0.1, 0.15) is 50.2 Å². The van der Waals surface area contributed by atoms with Crippen LogP contribution in [-0.2, 0) is 6.18 Å². The highest BCUT2D eigenvalue weighted by molar-refractivity contribution is 5.89. The minimum atomic E-state index is -4.43. The van der Waals surface area contributed by atoms with E-state index in [1.165, 1.54) is 11.6 Å². The van der Waals surface area contributed by atoms with Crippen LogP contribution in [0.25, 0.3) is 28.1 Å². The Hall–Kier alpha value is -3.42. The van der Waals surface area contributed by atoms with Gasteiger partial charge in [-0.25, -0.2) is 14.6 Å². The number of aromatic nitrogens is 4. The molecule has 2 aromatic carbocycles. The van der Waals surface area contributed by atoms with E-state index in [9.17, 15) is 13.2 Å². The third kappa shape index (κ3) is 4.24. The molecule has 8 heteroatoms. The fourth-order valence-corrected chi connectivity index (χ4v) is 4.39. The zero-order chi connectivity index (χ0) is 23.9. The molecule has 0 radical (unpaired) electrons. The van der Waals surface area contributed by atoms with Gasteiger partial charge in [0.25, 0.3) is 0 Å². The lowest BCUT2D eigenvalue weighted by Gasteiger charge is -2.28. The number of rotatable bonds is 4. The van der Waals surface area contributed by atoms with Crippen LogP contribution in [0, 0.1) is 0 Å². The first-order valence-corrected chi connectivity index (χ1v) is 11.6. The predicted molar refractivity (Wildman–Crippen MR) is 127 cm³/mol. The highest BCUT2D eigenvalue weighted by Gasteiger charge is 2.31. The second kappa shape index (κ2) is 8.74. The normalized spacial score (nSPS) is 14.8. The Morgan fingerprint density at radius 2 is 1.65 bits per heavy atom. The third-order valence-corrected chi connectivity index (χ3v) is 6.32. The summed E-state index contributed by atoms with van der Waals surface area (Å²) in [5.41, 5.74) is 2.26. The van der Waals surface area contributed by atoms with Gasteiger partial charge in [-0.2, -0.15) is 18.3 Å². The van der Waals surface area contributed by atoms with Gasteiger partial charge in [0, 0.05) is 18.7 Å². The molecule has 1 fully saturated rings. The first-order chi connectivity index (χ1) is 16.3. The molecule has 0 bridgehead atoms. The molecular formula is C26H26F3N5. The number of piperidine rings is 1. The smallest absolute Gasteiger partial charge is 0.356 e. The molecule has 3 heterocycles. The van der Waals surface area contributed by atoms with E-state index in [0.717, 1.165) is 61.4 Å². The van der Waals surface area contributed by atoms with Gasteiger partial charge in [-0.15, -0.1) is 0 Å². The van der Waals surface area contributed by atoms with Crippen molar-refractivity contribution in [3.63, 3.8) is 0 Å². The lowest BCUT2D eigenvalue weighted by atomic mass is 10.0. The standard InChI is InChI=1S/C26H26F3N5/c1-17(2)18-9-11-21(12-10-18)34-25-22(16-30-34)24(33-13-4-3-5-14-33)31-23(32-25)19-7-6-8-20(15-19)26(27,28)29/h6-12,15-17H,3-5,13-14H2,1-2H3. The Morgan fingerprint density at radius 1 is 0.912 bits per heavy atom. The van der Waals surface area contributed by atoms with Crippen LogP contribution in [0.4, 0.5) is 19.0 Å². The van der Waals surface area contributed by atoms with E-state index in [4.69, 9.17) is 9.97 Å². The van der Waals surface area contributed by atoms with E-state index >= 15 is 0 Å². The average molecular weight is 466 g/mol. The predicted octanol–water partition coefficient (Wildman–Crippen LogP) is 6.62. The van der Waals surface area contributed by atoms with Crippen molar-refractivity contribution in [1.82, 2.24) is 19.7 Å². The van der Waals surface area contributed by atoms with Crippen molar-refractivity contribution in [2.24, 2.45) is 0 Å². The van der Waals surface area contributed by atoms with Gasteiger partial charge in [0.15, 0.2) is 11.5 Å². The minimum Gasteiger partial charge on any atom is -0.356 e. The monoisotopic (exact) mass is 465 g/mol. The third-order valence-electron chi connectivity index (χ3n) is 6.32. The van der Waals surface area contributed by atoms with Crippen molar-refractivity contribution in [3.05, 3.63) is 65.9 Å². The molecule has 0 N–H and O–H groups in total. The molecule has 0 atom stereocenters. The molecule has 0 saturated carbocycles. The summed E-state index contributed by atoms with van der Waals surface area (Å²) in [6.07, 6.45) is 0.582. The van der Waals surface area contributed by atoms with Gasteiger partial charge in [0.2, 0.25) is 0 Å². The molecule has 176 valence electrons. The molecule has 1 aliphatic rings. The van der Waals surface area contributed by atoms with Crippen molar-refractivity contribution in [3.8, 4) is 17.1 Å². The first-order valence-electron chi connectivity index (χ1n) is 11.6. The van der Waals surface area contributed by atoms with E-state index in [1.807, 2.05) is 12.1 Å². The summed E-state index contributed by atoms with van der Waals surface area (Å²) in [5, 5.41) is 5.39. The molecule has 1 aliphatic heterocycles. The van der Waals surface area contributed by atoms with E-state index in [1.54, 1.807) is 16.9 Å². The van der Waals surface area contributed by atoms with Gasteiger partial charge in [-0.05, 0) is 55.0 Å². The molecule has 0 aliphatic carbocycles. The highest BCUT2D eigenvalue weighted by atomic mass is 19.4. The van der Waals surface area contributed by atoms with Gasteiger partial charge in [0.05, 0.1) is 22.8 Å². The fourth-order valence-electron chi connectivity index (χ4n) is 4.39. The number of hydrogen-bond donors (Lipinski definition) is 0. The average Bonchev–Trinajstić information content (AvgIpc) is 3.28. The molecule has 34 heavy (non-hydrogen) atoms. The van der Waals surface area contributed by atoms with Gasteiger partial charge in [0.1, 0.15) is 5.82 Å². The van der Waals surface area contributed by atoms with E-state index < -0.39 is 11.7 Å². The Labute approximate surface area is 196 Å². The van der Waals surface area contributed by atoms with Gasteiger partial charge in [-0.3, -0.25) is 0 Å². The van der Waals surface area contributed by atoms with Crippen LogP contribution < -0.4 is 4.90 Å². The summed E-state index contributed by atoms with van der Waals surface area (Å²) in [7, 11) is 0. The number of halogens is 3. The van der Waals surface area contributed by atoms with Crippen LogP contribution in [0.5, 0.6) is 0 Å². The van der Waals surface area contributed by atoms with Crippen molar-refractivity contribution < 1.29 is 13.2 Å². The van der Waals surface area contributed by atoms with Crippen LogP contribution >= 0.6 is 0 Å².